The Bertz CT molecular complexity index is 755. The summed E-state index contributed by atoms with van der Waals surface area (Å²) in [7, 11) is -1.54. The van der Waals surface area contributed by atoms with E-state index < -0.39 is 22.0 Å². The monoisotopic (exact) mass is 383 g/mol. The summed E-state index contributed by atoms with van der Waals surface area (Å²) >= 11 is 0. The number of sulfonamides is 1. The largest absolute Gasteiger partial charge is 0.465 e. The lowest BCUT2D eigenvalue weighted by molar-refractivity contribution is 0.0598. The fourth-order valence-corrected chi connectivity index (χ4v) is 4.67. The molecular formula is C18H25NO6S. The molecule has 1 aliphatic rings. The quantitative estimate of drug-likeness (QED) is 0.784. The van der Waals surface area contributed by atoms with E-state index in [1.807, 2.05) is 6.92 Å². The van der Waals surface area contributed by atoms with Crippen LogP contribution in [0.1, 0.15) is 53.8 Å². The van der Waals surface area contributed by atoms with Gasteiger partial charge in [-0.15, -0.1) is 0 Å². The Morgan fingerprint density at radius 2 is 1.54 bits per heavy atom. The highest BCUT2D eigenvalue weighted by Gasteiger charge is 2.31. The molecule has 3 atom stereocenters. The summed E-state index contributed by atoms with van der Waals surface area (Å²) in [4.78, 5) is 23.5. The van der Waals surface area contributed by atoms with Gasteiger partial charge in [0.2, 0.25) is 10.0 Å². The molecule has 2 rings (SSSR count). The van der Waals surface area contributed by atoms with Crippen LogP contribution in [0.4, 0.5) is 0 Å². The Kier molecular flexibility index (Phi) is 6.41. The van der Waals surface area contributed by atoms with Gasteiger partial charge in [0, 0.05) is 6.04 Å². The highest BCUT2D eigenvalue weighted by atomic mass is 32.2. The summed E-state index contributed by atoms with van der Waals surface area (Å²) in [5, 5.41) is 0. The maximum Gasteiger partial charge on any atom is 0.337 e. The number of methoxy groups -OCH3 is 2. The molecule has 0 saturated heterocycles. The molecule has 0 unspecified atom stereocenters. The summed E-state index contributed by atoms with van der Waals surface area (Å²) in [6.45, 7) is 4.14. The van der Waals surface area contributed by atoms with Crippen molar-refractivity contribution >= 4 is 22.0 Å². The first-order valence-electron chi connectivity index (χ1n) is 8.53. The van der Waals surface area contributed by atoms with E-state index in [-0.39, 0.29) is 28.0 Å². The van der Waals surface area contributed by atoms with Crippen molar-refractivity contribution in [3.05, 3.63) is 29.3 Å². The van der Waals surface area contributed by atoms with E-state index in [9.17, 15) is 18.0 Å². The number of carbonyl (C=O) groups is 2. The topological polar surface area (TPSA) is 98.8 Å². The predicted octanol–water partition coefficient (Wildman–Crippen LogP) is 2.36. The molecule has 26 heavy (non-hydrogen) atoms. The molecular weight excluding hydrogens is 358 g/mol. The molecule has 144 valence electrons. The van der Waals surface area contributed by atoms with Crippen LogP contribution in [0.2, 0.25) is 0 Å². The molecule has 0 bridgehead atoms. The van der Waals surface area contributed by atoms with Crippen molar-refractivity contribution < 1.29 is 27.5 Å². The van der Waals surface area contributed by atoms with Gasteiger partial charge in [0.1, 0.15) is 0 Å². The van der Waals surface area contributed by atoms with E-state index in [4.69, 9.17) is 0 Å². The maximum absolute atomic E-state index is 12.9. The number of carbonyl (C=O) groups excluding carboxylic acids is 2. The van der Waals surface area contributed by atoms with E-state index in [1.54, 1.807) is 0 Å². The second kappa shape index (κ2) is 8.18. The van der Waals surface area contributed by atoms with Crippen molar-refractivity contribution in [2.75, 3.05) is 14.2 Å². The van der Waals surface area contributed by atoms with Gasteiger partial charge in [0.15, 0.2) is 0 Å². The molecule has 1 saturated carbocycles. The molecule has 1 fully saturated rings. The van der Waals surface area contributed by atoms with Crippen LogP contribution in [-0.2, 0) is 19.5 Å². The van der Waals surface area contributed by atoms with Gasteiger partial charge in [0.05, 0.1) is 30.2 Å². The molecule has 0 aromatic heterocycles. The minimum atomic E-state index is -3.91. The van der Waals surface area contributed by atoms with Crippen molar-refractivity contribution in [2.24, 2.45) is 11.8 Å². The van der Waals surface area contributed by atoms with Crippen LogP contribution in [0.15, 0.2) is 23.1 Å². The Morgan fingerprint density at radius 3 is 2.04 bits per heavy atom. The zero-order chi connectivity index (χ0) is 19.5. The molecule has 0 heterocycles. The maximum atomic E-state index is 12.9. The molecule has 1 aliphatic carbocycles. The number of hydrogen-bond donors (Lipinski definition) is 1. The van der Waals surface area contributed by atoms with Crippen LogP contribution in [0.25, 0.3) is 0 Å². The van der Waals surface area contributed by atoms with Gasteiger partial charge in [-0.05, 0) is 36.5 Å². The van der Waals surface area contributed by atoms with Gasteiger partial charge in [-0.25, -0.2) is 22.7 Å². The SMILES string of the molecule is COC(=O)c1cc(C(=O)OC)cc(S(=O)(=O)N[C@@H]2CCC[C@H](C)[C@H]2C)c1. The van der Waals surface area contributed by atoms with Crippen molar-refractivity contribution in [3.8, 4) is 0 Å². The summed E-state index contributed by atoms with van der Waals surface area (Å²) in [5.41, 5.74) is -0.0540. The van der Waals surface area contributed by atoms with Gasteiger partial charge < -0.3 is 9.47 Å². The highest BCUT2D eigenvalue weighted by Crippen LogP contribution is 2.30. The third-order valence-electron chi connectivity index (χ3n) is 5.07. The summed E-state index contributed by atoms with van der Waals surface area (Å²) in [6, 6.07) is 3.48. The van der Waals surface area contributed by atoms with E-state index in [0.717, 1.165) is 19.3 Å². The summed E-state index contributed by atoms with van der Waals surface area (Å²) in [5.74, 6) is -0.843. The minimum Gasteiger partial charge on any atom is -0.465 e. The van der Waals surface area contributed by atoms with Gasteiger partial charge in [-0.2, -0.15) is 0 Å². The van der Waals surface area contributed by atoms with Gasteiger partial charge in [-0.3, -0.25) is 0 Å². The third-order valence-corrected chi connectivity index (χ3v) is 6.54. The van der Waals surface area contributed by atoms with Crippen molar-refractivity contribution in [3.63, 3.8) is 0 Å². The molecule has 1 aromatic rings. The molecule has 1 aromatic carbocycles. The molecule has 0 amide bonds. The smallest absolute Gasteiger partial charge is 0.337 e. The molecule has 8 heteroatoms. The van der Waals surface area contributed by atoms with Crippen molar-refractivity contribution in [1.29, 1.82) is 0 Å². The van der Waals surface area contributed by atoms with E-state index in [1.165, 1.54) is 32.4 Å². The number of benzene rings is 1. The Balaban J connectivity index is 2.41. The zero-order valence-electron chi connectivity index (χ0n) is 15.4. The predicted molar refractivity (Wildman–Crippen MR) is 95.4 cm³/mol. The van der Waals surface area contributed by atoms with Gasteiger partial charge in [0.25, 0.3) is 0 Å². The second-order valence-electron chi connectivity index (χ2n) is 6.72. The Labute approximate surface area is 154 Å². The lowest BCUT2D eigenvalue weighted by Crippen LogP contribution is -2.43. The number of hydrogen-bond acceptors (Lipinski definition) is 6. The van der Waals surface area contributed by atoms with Crippen molar-refractivity contribution in [2.45, 2.75) is 44.0 Å². The molecule has 0 spiro atoms. The fraction of sp³-hybridized carbons (Fsp3) is 0.556. The molecule has 0 aliphatic heterocycles. The first-order valence-corrected chi connectivity index (χ1v) is 10.0. The number of rotatable bonds is 5. The lowest BCUT2D eigenvalue weighted by Gasteiger charge is -2.34. The van der Waals surface area contributed by atoms with Gasteiger partial charge in [-0.1, -0.05) is 26.7 Å². The summed E-state index contributed by atoms with van der Waals surface area (Å²) in [6.07, 6.45) is 2.78. The number of esters is 2. The third kappa shape index (κ3) is 4.42. The highest BCUT2D eigenvalue weighted by molar-refractivity contribution is 7.89. The number of nitrogens with one attached hydrogen (secondary N) is 1. The first kappa shape index (κ1) is 20.4. The fourth-order valence-electron chi connectivity index (χ4n) is 3.24. The van der Waals surface area contributed by atoms with Crippen LogP contribution >= 0.6 is 0 Å². The average molecular weight is 383 g/mol. The minimum absolute atomic E-state index is 0.0270. The van der Waals surface area contributed by atoms with E-state index in [2.05, 4.69) is 21.1 Å². The van der Waals surface area contributed by atoms with Crippen LogP contribution in [0.5, 0.6) is 0 Å². The lowest BCUT2D eigenvalue weighted by atomic mass is 9.78. The molecule has 7 nitrogen and oxygen atoms in total. The van der Waals surface area contributed by atoms with Crippen LogP contribution in [-0.4, -0.2) is 40.6 Å². The second-order valence-corrected chi connectivity index (χ2v) is 8.44. The Hall–Kier alpha value is -1.93. The molecule has 1 N–H and O–H groups in total. The normalized spacial score (nSPS) is 23.3. The average Bonchev–Trinajstić information content (AvgIpc) is 2.63. The van der Waals surface area contributed by atoms with Gasteiger partial charge >= 0.3 is 11.9 Å². The molecule has 0 radical (unpaired) electrons. The summed E-state index contributed by atoms with van der Waals surface area (Å²) < 4.78 is 37.7. The van der Waals surface area contributed by atoms with Crippen molar-refractivity contribution in [1.82, 2.24) is 4.72 Å². The zero-order valence-corrected chi connectivity index (χ0v) is 16.3. The first-order chi connectivity index (χ1) is 12.2. The van der Waals surface area contributed by atoms with E-state index >= 15 is 0 Å². The van der Waals surface area contributed by atoms with Crippen LogP contribution in [0.3, 0.4) is 0 Å². The van der Waals surface area contributed by atoms with E-state index in [0.29, 0.717) is 5.92 Å². The van der Waals surface area contributed by atoms with Crippen LogP contribution < -0.4 is 4.72 Å². The van der Waals surface area contributed by atoms with Crippen LogP contribution in [0, 0.1) is 11.8 Å². The standard InChI is InChI=1S/C18H25NO6S/c1-11-6-5-7-16(12(11)2)19-26(22,23)15-9-13(17(20)24-3)8-14(10-15)18(21)25-4/h8-12,16,19H,5-7H2,1-4H3/t11-,12+,16+/m0/s1. The number of ether oxygens (including phenoxy) is 2. The Morgan fingerprint density at radius 1 is 1.00 bits per heavy atom.